The molecule has 7 nitrogen and oxygen atoms in total. The van der Waals surface area contributed by atoms with Gasteiger partial charge in [0.25, 0.3) is 11.8 Å². The number of nitrogens with one attached hydrogen (secondary N) is 3. The Hall–Kier alpha value is -2.77. The first-order chi connectivity index (χ1) is 13.0. The van der Waals surface area contributed by atoms with Crippen LogP contribution >= 0.6 is 0 Å². The van der Waals surface area contributed by atoms with E-state index in [1.807, 2.05) is 19.1 Å². The first-order valence-corrected chi connectivity index (χ1v) is 8.93. The average Bonchev–Trinajstić information content (AvgIpc) is 2.71. The van der Waals surface area contributed by atoms with Crippen molar-refractivity contribution in [3.05, 3.63) is 53.9 Å². The van der Waals surface area contributed by atoms with Crippen LogP contribution in [0.2, 0.25) is 0 Å². The van der Waals surface area contributed by atoms with E-state index < -0.39 is 5.60 Å². The summed E-state index contributed by atoms with van der Waals surface area (Å²) in [7, 11) is 1.57. The van der Waals surface area contributed by atoms with Crippen molar-refractivity contribution >= 4 is 23.2 Å². The maximum Gasteiger partial charge on any atom is 0.256 e. The number of ether oxygens (including phenoxy) is 1. The van der Waals surface area contributed by atoms with Gasteiger partial charge in [-0.3, -0.25) is 14.6 Å². The molecule has 1 aromatic heterocycles. The largest absolute Gasteiger partial charge is 0.368 e. The minimum atomic E-state index is -0.823. The van der Waals surface area contributed by atoms with Crippen molar-refractivity contribution in [1.82, 2.24) is 10.3 Å². The molecule has 0 unspecified atom stereocenters. The molecule has 0 aliphatic carbocycles. The summed E-state index contributed by atoms with van der Waals surface area (Å²) in [4.78, 5) is 29.1. The van der Waals surface area contributed by atoms with Crippen LogP contribution in [0.15, 0.2) is 42.7 Å². The van der Waals surface area contributed by atoms with E-state index in [0.717, 1.165) is 18.7 Å². The average molecular weight is 368 g/mol. The molecule has 0 saturated carbocycles. The van der Waals surface area contributed by atoms with Crippen LogP contribution in [-0.4, -0.2) is 42.6 Å². The molecule has 1 aliphatic heterocycles. The van der Waals surface area contributed by atoms with Gasteiger partial charge >= 0.3 is 0 Å². The molecule has 27 heavy (non-hydrogen) atoms. The van der Waals surface area contributed by atoms with Gasteiger partial charge in [-0.15, -0.1) is 0 Å². The van der Waals surface area contributed by atoms with Gasteiger partial charge in [-0.2, -0.15) is 0 Å². The van der Waals surface area contributed by atoms with Crippen molar-refractivity contribution in [2.24, 2.45) is 0 Å². The highest BCUT2D eigenvalue weighted by molar-refractivity contribution is 6.05. The lowest BCUT2D eigenvalue weighted by atomic mass is 9.91. The summed E-state index contributed by atoms with van der Waals surface area (Å²) in [5, 5.41) is 9.05. The monoisotopic (exact) mass is 368 g/mol. The Morgan fingerprint density at radius 1 is 1.11 bits per heavy atom. The number of pyridine rings is 1. The van der Waals surface area contributed by atoms with Crippen molar-refractivity contribution < 1.29 is 14.3 Å². The van der Waals surface area contributed by atoms with Crippen molar-refractivity contribution in [3.63, 3.8) is 0 Å². The smallest absolute Gasteiger partial charge is 0.256 e. The summed E-state index contributed by atoms with van der Waals surface area (Å²) in [6, 6.07) is 8.74. The summed E-state index contributed by atoms with van der Waals surface area (Å²) in [6.45, 7) is 3.38. The number of methoxy groups -OCH3 is 1. The summed E-state index contributed by atoms with van der Waals surface area (Å²) < 4.78 is 5.56. The molecule has 0 radical (unpaired) electrons. The van der Waals surface area contributed by atoms with E-state index in [9.17, 15) is 9.59 Å². The van der Waals surface area contributed by atoms with Crippen LogP contribution in [-0.2, 0) is 9.53 Å². The van der Waals surface area contributed by atoms with E-state index in [2.05, 4.69) is 20.9 Å². The Bertz CT molecular complexity index is 817. The zero-order valence-corrected chi connectivity index (χ0v) is 15.5. The molecular formula is C20H24N4O3. The van der Waals surface area contributed by atoms with E-state index in [1.54, 1.807) is 37.7 Å². The van der Waals surface area contributed by atoms with Gasteiger partial charge in [0.15, 0.2) is 0 Å². The normalized spacial score (nSPS) is 15.8. The third-order valence-corrected chi connectivity index (χ3v) is 4.90. The third-order valence-electron chi connectivity index (χ3n) is 4.90. The second-order valence-electron chi connectivity index (χ2n) is 6.62. The topological polar surface area (TPSA) is 92.4 Å². The van der Waals surface area contributed by atoms with Crippen LogP contribution in [0.25, 0.3) is 0 Å². The van der Waals surface area contributed by atoms with Crippen LogP contribution in [0.5, 0.6) is 0 Å². The molecule has 1 aromatic carbocycles. The van der Waals surface area contributed by atoms with E-state index >= 15 is 0 Å². The van der Waals surface area contributed by atoms with Crippen LogP contribution < -0.4 is 16.0 Å². The van der Waals surface area contributed by atoms with Gasteiger partial charge in [-0.25, -0.2) is 0 Å². The second-order valence-corrected chi connectivity index (χ2v) is 6.62. The van der Waals surface area contributed by atoms with Crippen molar-refractivity contribution in [3.8, 4) is 0 Å². The van der Waals surface area contributed by atoms with Gasteiger partial charge in [-0.05, 0) is 62.7 Å². The zero-order chi connectivity index (χ0) is 19.3. The molecule has 0 atom stereocenters. The summed E-state index contributed by atoms with van der Waals surface area (Å²) in [5.41, 5.74) is 1.86. The number of aromatic nitrogens is 1. The number of amides is 2. The molecule has 0 spiro atoms. The van der Waals surface area contributed by atoms with Gasteiger partial charge < -0.3 is 20.7 Å². The molecule has 1 fully saturated rings. The third kappa shape index (κ3) is 4.32. The Kier molecular flexibility index (Phi) is 5.83. The lowest BCUT2D eigenvalue weighted by Crippen LogP contribution is -2.51. The maximum absolute atomic E-state index is 12.8. The zero-order valence-electron chi connectivity index (χ0n) is 15.5. The van der Waals surface area contributed by atoms with Gasteiger partial charge in [0.1, 0.15) is 5.60 Å². The highest BCUT2D eigenvalue weighted by Crippen LogP contribution is 2.26. The summed E-state index contributed by atoms with van der Waals surface area (Å²) >= 11 is 0. The number of anilines is 2. The molecule has 3 rings (SSSR count). The fourth-order valence-electron chi connectivity index (χ4n) is 3.13. The molecular weight excluding hydrogens is 344 g/mol. The number of aryl methyl sites for hydroxylation is 1. The van der Waals surface area contributed by atoms with E-state index in [0.29, 0.717) is 29.8 Å². The fourth-order valence-corrected chi connectivity index (χ4v) is 3.13. The molecule has 2 heterocycles. The molecule has 0 bridgehead atoms. The van der Waals surface area contributed by atoms with E-state index in [-0.39, 0.29) is 11.8 Å². The number of rotatable bonds is 5. The molecule has 1 saturated heterocycles. The van der Waals surface area contributed by atoms with E-state index in [1.165, 1.54) is 0 Å². The Balaban J connectivity index is 1.75. The summed E-state index contributed by atoms with van der Waals surface area (Å²) in [6.07, 6.45) is 4.38. The highest BCUT2D eigenvalue weighted by Gasteiger charge is 2.39. The maximum atomic E-state index is 12.8. The predicted octanol–water partition coefficient (Wildman–Crippen LogP) is 2.35. The molecule has 142 valence electrons. The van der Waals surface area contributed by atoms with Gasteiger partial charge in [0, 0.05) is 36.4 Å². The predicted molar refractivity (Wildman–Crippen MR) is 104 cm³/mol. The van der Waals surface area contributed by atoms with Crippen LogP contribution in [0.4, 0.5) is 11.4 Å². The second kappa shape index (κ2) is 8.28. The van der Waals surface area contributed by atoms with Crippen LogP contribution in [0, 0.1) is 6.92 Å². The quantitative estimate of drug-likeness (QED) is 0.753. The molecule has 1 aliphatic rings. The Morgan fingerprint density at radius 2 is 1.81 bits per heavy atom. The lowest BCUT2D eigenvalue weighted by Gasteiger charge is -2.34. The molecule has 3 N–H and O–H groups in total. The number of hydrogen-bond acceptors (Lipinski definition) is 5. The van der Waals surface area contributed by atoms with Crippen molar-refractivity contribution in [1.29, 1.82) is 0 Å². The number of nitrogens with zero attached hydrogens (tertiary/aromatic N) is 1. The first kappa shape index (κ1) is 19.0. The van der Waals surface area contributed by atoms with Crippen molar-refractivity contribution in [2.45, 2.75) is 25.4 Å². The van der Waals surface area contributed by atoms with Crippen LogP contribution in [0.3, 0.4) is 0 Å². The van der Waals surface area contributed by atoms with Crippen LogP contribution in [0.1, 0.15) is 28.8 Å². The molecule has 2 amide bonds. The number of piperidine rings is 1. The van der Waals surface area contributed by atoms with Gasteiger partial charge in [-0.1, -0.05) is 6.07 Å². The molecule has 2 aromatic rings. The number of benzene rings is 1. The number of hydrogen-bond donors (Lipinski definition) is 3. The van der Waals surface area contributed by atoms with E-state index in [4.69, 9.17) is 4.74 Å². The number of carbonyl (C=O) groups is 2. The Labute approximate surface area is 158 Å². The van der Waals surface area contributed by atoms with Gasteiger partial charge in [0.05, 0.1) is 0 Å². The Morgan fingerprint density at radius 3 is 2.48 bits per heavy atom. The highest BCUT2D eigenvalue weighted by atomic mass is 16.5. The molecule has 7 heteroatoms. The SMILES string of the molecule is COC1(C(=O)Nc2ccc(C)c(NC(=O)c3ccncc3)c2)CCNCC1. The minimum absolute atomic E-state index is 0.165. The minimum Gasteiger partial charge on any atom is -0.368 e. The lowest BCUT2D eigenvalue weighted by molar-refractivity contribution is -0.140. The first-order valence-electron chi connectivity index (χ1n) is 8.93. The van der Waals surface area contributed by atoms with Gasteiger partial charge in [0.2, 0.25) is 0 Å². The number of carbonyl (C=O) groups excluding carboxylic acids is 2. The standard InChI is InChI=1S/C20H24N4O3/c1-14-3-4-16(23-19(26)20(27-2)7-11-22-12-8-20)13-17(14)24-18(25)15-5-9-21-10-6-15/h3-6,9-10,13,22H,7-8,11-12H2,1-2H3,(H,23,26)(H,24,25). The van der Waals surface area contributed by atoms with Crippen molar-refractivity contribution in [2.75, 3.05) is 30.8 Å². The summed E-state index contributed by atoms with van der Waals surface area (Å²) in [5.74, 6) is -0.391. The fraction of sp³-hybridized carbons (Fsp3) is 0.350.